The van der Waals surface area contributed by atoms with Gasteiger partial charge >= 0.3 is 0 Å². The maximum absolute atomic E-state index is 13.6. The zero-order valence-corrected chi connectivity index (χ0v) is 15.1. The van der Waals surface area contributed by atoms with E-state index in [4.69, 9.17) is 12.2 Å². The van der Waals surface area contributed by atoms with E-state index in [0.717, 1.165) is 4.31 Å². The van der Waals surface area contributed by atoms with Crippen molar-refractivity contribution in [1.29, 1.82) is 0 Å². The number of sulfonamides is 1. The highest BCUT2D eigenvalue weighted by Crippen LogP contribution is 2.16. The highest BCUT2D eigenvalue weighted by molar-refractivity contribution is 7.89. The zero-order chi connectivity index (χ0) is 18.6. The number of nitrogens with zero attached hydrogens (tertiary/aromatic N) is 1. The molecule has 0 unspecified atom stereocenters. The zero-order valence-electron chi connectivity index (χ0n) is 13.5. The molecule has 2 aromatic rings. The normalized spacial score (nSPS) is 11.2. The molecular formula is C16H16FN3O3S2. The van der Waals surface area contributed by atoms with Gasteiger partial charge in [0.05, 0.1) is 10.5 Å². The number of hydrogen-bond donors (Lipinski definition) is 2. The van der Waals surface area contributed by atoms with Crippen molar-refractivity contribution in [3.8, 4) is 0 Å². The van der Waals surface area contributed by atoms with Crippen molar-refractivity contribution in [3.63, 3.8) is 0 Å². The van der Waals surface area contributed by atoms with Crippen LogP contribution in [0.3, 0.4) is 0 Å². The third-order valence-electron chi connectivity index (χ3n) is 3.24. The van der Waals surface area contributed by atoms with E-state index in [1.165, 1.54) is 56.6 Å². The minimum absolute atomic E-state index is 0.0310. The SMILES string of the molecule is CN(C)S(=O)(=O)c1ccc(NC(=S)NC(=O)c2ccccc2F)cc1. The quantitative estimate of drug-likeness (QED) is 0.794. The lowest BCUT2D eigenvalue weighted by Crippen LogP contribution is -2.34. The fourth-order valence-electron chi connectivity index (χ4n) is 1.90. The van der Waals surface area contributed by atoms with Gasteiger partial charge in [-0.3, -0.25) is 10.1 Å². The van der Waals surface area contributed by atoms with Gasteiger partial charge in [-0.25, -0.2) is 17.1 Å². The van der Waals surface area contributed by atoms with Crippen molar-refractivity contribution in [2.24, 2.45) is 0 Å². The van der Waals surface area contributed by atoms with Gasteiger partial charge in [-0.05, 0) is 48.6 Å². The first-order valence-corrected chi connectivity index (χ1v) is 8.96. The monoisotopic (exact) mass is 381 g/mol. The maximum Gasteiger partial charge on any atom is 0.260 e. The summed E-state index contributed by atoms with van der Waals surface area (Å²) in [5.74, 6) is -1.33. The van der Waals surface area contributed by atoms with Gasteiger partial charge in [0.15, 0.2) is 5.11 Å². The summed E-state index contributed by atoms with van der Waals surface area (Å²) >= 11 is 5.01. The van der Waals surface area contributed by atoms with Crippen LogP contribution in [0.25, 0.3) is 0 Å². The van der Waals surface area contributed by atoms with Crippen LogP contribution in [0.1, 0.15) is 10.4 Å². The molecule has 0 aliphatic carbocycles. The van der Waals surface area contributed by atoms with Crippen LogP contribution in [-0.2, 0) is 10.0 Å². The molecule has 0 saturated carbocycles. The second-order valence-corrected chi connectivity index (χ2v) is 7.76. The molecule has 0 spiro atoms. The summed E-state index contributed by atoms with van der Waals surface area (Å²) in [5, 5.41) is 5.07. The number of rotatable bonds is 4. The van der Waals surface area contributed by atoms with Gasteiger partial charge < -0.3 is 5.32 Å². The summed E-state index contributed by atoms with van der Waals surface area (Å²) in [4.78, 5) is 12.1. The Bertz CT molecular complexity index is 897. The van der Waals surface area contributed by atoms with Gasteiger partial charge in [-0.2, -0.15) is 0 Å². The van der Waals surface area contributed by atoms with E-state index in [9.17, 15) is 17.6 Å². The van der Waals surface area contributed by atoms with E-state index in [1.807, 2.05) is 0 Å². The van der Waals surface area contributed by atoms with Crippen LogP contribution in [0, 0.1) is 5.82 Å². The number of nitrogens with one attached hydrogen (secondary N) is 2. The van der Waals surface area contributed by atoms with Crippen LogP contribution >= 0.6 is 12.2 Å². The minimum atomic E-state index is -3.52. The predicted octanol–water partition coefficient (Wildman–Crippen LogP) is 2.20. The lowest BCUT2D eigenvalue weighted by molar-refractivity contribution is 0.0974. The molecule has 0 aliphatic rings. The third-order valence-corrected chi connectivity index (χ3v) is 5.27. The van der Waals surface area contributed by atoms with Gasteiger partial charge in [0.1, 0.15) is 5.82 Å². The van der Waals surface area contributed by atoms with Crippen LogP contribution in [0.4, 0.5) is 10.1 Å². The van der Waals surface area contributed by atoms with E-state index in [-0.39, 0.29) is 15.6 Å². The predicted molar refractivity (Wildman–Crippen MR) is 97.4 cm³/mol. The van der Waals surface area contributed by atoms with Gasteiger partial charge in [-0.1, -0.05) is 12.1 Å². The van der Waals surface area contributed by atoms with Crippen LogP contribution in [0.2, 0.25) is 0 Å². The second kappa shape index (κ2) is 7.68. The fourth-order valence-corrected chi connectivity index (χ4v) is 3.01. The number of carbonyl (C=O) groups is 1. The number of thiocarbonyl (C=S) groups is 1. The van der Waals surface area contributed by atoms with E-state index in [0.29, 0.717) is 5.69 Å². The third kappa shape index (κ3) is 4.59. The van der Waals surface area contributed by atoms with Crippen LogP contribution < -0.4 is 10.6 Å². The average Bonchev–Trinajstić information content (AvgIpc) is 2.55. The molecule has 9 heteroatoms. The molecular weight excluding hydrogens is 365 g/mol. The minimum Gasteiger partial charge on any atom is -0.332 e. The topological polar surface area (TPSA) is 78.5 Å². The summed E-state index contributed by atoms with van der Waals surface area (Å²) in [6.45, 7) is 0. The molecule has 25 heavy (non-hydrogen) atoms. The molecule has 0 bridgehead atoms. The molecule has 0 aliphatic heterocycles. The van der Waals surface area contributed by atoms with Crippen molar-refractivity contribution in [2.45, 2.75) is 4.90 Å². The van der Waals surface area contributed by atoms with Crippen LogP contribution in [-0.4, -0.2) is 37.8 Å². The number of anilines is 1. The highest BCUT2D eigenvalue weighted by atomic mass is 32.2. The van der Waals surface area contributed by atoms with Crippen molar-refractivity contribution in [2.75, 3.05) is 19.4 Å². The summed E-state index contributed by atoms with van der Waals surface area (Å²) in [7, 11) is -0.642. The van der Waals surface area contributed by atoms with Crippen LogP contribution in [0.5, 0.6) is 0 Å². The molecule has 2 rings (SSSR count). The van der Waals surface area contributed by atoms with Crippen molar-refractivity contribution >= 4 is 38.9 Å². The number of carbonyl (C=O) groups excluding carboxylic acids is 1. The Balaban J connectivity index is 2.04. The Hall–Kier alpha value is -2.36. The molecule has 132 valence electrons. The first kappa shape index (κ1) is 19.0. The number of amides is 1. The Labute approximate surface area is 150 Å². The molecule has 2 aromatic carbocycles. The second-order valence-electron chi connectivity index (χ2n) is 5.20. The Morgan fingerprint density at radius 1 is 1.08 bits per heavy atom. The maximum atomic E-state index is 13.6. The van der Waals surface area contributed by atoms with E-state index < -0.39 is 21.7 Å². The van der Waals surface area contributed by atoms with Gasteiger partial charge in [0.25, 0.3) is 5.91 Å². The van der Waals surface area contributed by atoms with Gasteiger partial charge in [0.2, 0.25) is 10.0 Å². The lowest BCUT2D eigenvalue weighted by Gasteiger charge is -2.13. The lowest BCUT2D eigenvalue weighted by atomic mass is 10.2. The summed E-state index contributed by atoms with van der Waals surface area (Å²) < 4.78 is 38.6. The van der Waals surface area contributed by atoms with Crippen LogP contribution in [0.15, 0.2) is 53.4 Å². The number of hydrogen-bond acceptors (Lipinski definition) is 4. The molecule has 0 radical (unpaired) electrons. The molecule has 2 N–H and O–H groups in total. The first-order valence-electron chi connectivity index (χ1n) is 7.11. The number of benzene rings is 2. The fraction of sp³-hybridized carbons (Fsp3) is 0.125. The summed E-state index contributed by atoms with van der Waals surface area (Å²) in [5.41, 5.74) is 0.357. The smallest absolute Gasteiger partial charge is 0.260 e. The largest absolute Gasteiger partial charge is 0.332 e. The molecule has 0 fully saturated rings. The standard InChI is InChI=1S/C16H16FN3O3S2/c1-20(2)25(22,23)12-9-7-11(8-10-12)18-16(24)19-15(21)13-5-3-4-6-14(13)17/h3-10H,1-2H3,(H2,18,19,21,24). The van der Waals surface area contributed by atoms with Crippen molar-refractivity contribution < 1.29 is 17.6 Å². The molecule has 0 heterocycles. The average molecular weight is 381 g/mol. The molecule has 1 amide bonds. The molecule has 0 atom stereocenters. The van der Waals surface area contributed by atoms with Crippen molar-refractivity contribution in [3.05, 3.63) is 59.9 Å². The van der Waals surface area contributed by atoms with Gasteiger partial charge in [0, 0.05) is 19.8 Å². The molecule has 6 nitrogen and oxygen atoms in total. The van der Waals surface area contributed by atoms with Crippen molar-refractivity contribution in [1.82, 2.24) is 9.62 Å². The Kier molecular flexibility index (Phi) is 5.83. The molecule has 0 saturated heterocycles. The molecule has 0 aromatic heterocycles. The van der Waals surface area contributed by atoms with E-state index >= 15 is 0 Å². The van der Waals surface area contributed by atoms with Gasteiger partial charge in [-0.15, -0.1) is 0 Å². The Morgan fingerprint density at radius 2 is 1.68 bits per heavy atom. The Morgan fingerprint density at radius 3 is 2.24 bits per heavy atom. The van der Waals surface area contributed by atoms with E-state index in [2.05, 4.69) is 10.6 Å². The number of halogens is 1. The van der Waals surface area contributed by atoms with E-state index in [1.54, 1.807) is 6.07 Å². The summed E-state index contributed by atoms with van der Waals surface area (Å²) in [6.07, 6.45) is 0. The summed E-state index contributed by atoms with van der Waals surface area (Å²) in [6, 6.07) is 11.4. The highest BCUT2D eigenvalue weighted by Gasteiger charge is 2.17. The first-order chi connectivity index (χ1) is 11.7.